The molecule has 1 saturated carbocycles. The van der Waals surface area contributed by atoms with Crippen LogP contribution in [0.4, 0.5) is 0 Å². The maximum Gasteiger partial charge on any atom is 0.0544 e. The van der Waals surface area contributed by atoms with Crippen LogP contribution in [0, 0.1) is 12.3 Å². The van der Waals surface area contributed by atoms with E-state index in [-0.39, 0.29) is 0 Å². The highest BCUT2D eigenvalue weighted by molar-refractivity contribution is 5.09. The molecule has 2 heteroatoms. The molecule has 1 N–H and O–H groups in total. The van der Waals surface area contributed by atoms with Crippen LogP contribution in [-0.4, -0.2) is 11.5 Å². The van der Waals surface area contributed by atoms with Gasteiger partial charge in [0.1, 0.15) is 0 Å². The molecule has 1 heterocycles. The molecule has 0 aromatic carbocycles. The fourth-order valence-electron chi connectivity index (χ4n) is 1.99. The van der Waals surface area contributed by atoms with Gasteiger partial charge in [0.25, 0.3) is 0 Å². The zero-order valence-corrected chi connectivity index (χ0v) is 9.71. The molecular formula is C13H20N2. The molecule has 1 aromatic heterocycles. The third-order valence-electron chi connectivity index (χ3n) is 3.46. The van der Waals surface area contributed by atoms with Crippen molar-refractivity contribution >= 4 is 0 Å². The van der Waals surface area contributed by atoms with Gasteiger partial charge in [0.15, 0.2) is 0 Å². The van der Waals surface area contributed by atoms with Gasteiger partial charge in [-0.2, -0.15) is 0 Å². The largest absolute Gasteiger partial charge is 0.311 e. The lowest BCUT2D eigenvalue weighted by Gasteiger charge is -2.13. The number of aromatic nitrogens is 1. The lowest BCUT2D eigenvalue weighted by atomic mass is 10.0. The lowest BCUT2D eigenvalue weighted by Crippen LogP contribution is -2.23. The molecule has 0 aliphatic heterocycles. The number of nitrogens with one attached hydrogen (secondary N) is 1. The van der Waals surface area contributed by atoms with Crippen molar-refractivity contribution in [1.29, 1.82) is 0 Å². The van der Waals surface area contributed by atoms with Crippen LogP contribution in [0.15, 0.2) is 18.2 Å². The minimum absolute atomic E-state index is 0.629. The summed E-state index contributed by atoms with van der Waals surface area (Å²) in [7, 11) is 0. The Bertz CT molecular complexity index is 329. The SMILES string of the molecule is CCC1(CNCc2cccc(C)n2)CC1. The van der Waals surface area contributed by atoms with Gasteiger partial charge in [0.2, 0.25) is 0 Å². The first-order valence-electron chi connectivity index (χ1n) is 5.87. The van der Waals surface area contributed by atoms with Crippen molar-refractivity contribution in [2.75, 3.05) is 6.54 Å². The molecule has 1 fully saturated rings. The van der Waals surface area contributed by atoms with Crippen LogP contribution in [-0.2, 0) is 6.54 Å². The molecule has 0 atom stereocenters. The van der Waals surface area contributed by atoms with E-state index in [9.17, 15) is 0 Å². The molecule has 15 heavy (non-hydrogen) atoms. The molecule has 0 amide bonds. The average Bonchev–Trinajstić information content (AvgIpc) is 2.99. The van der Waals surface area contributed by atoms with Crippen molar-refractivity contribution in [3.63, 3.8) is 0 Å². The third-order valence-corrected chi connectivity index (χ3v) is 3.46. The zero-order valence-electron chi connectivity index (χ0n) is 9.71. The van der Waals surface area contributed by atoms with Crippen LogP contribution in [0.25, 0.3) is 0 Å². The maximum absolute atomic E-state index is 4.48. The summed E-state index contributed by atoms with van der Waals surface area (Å²) in [5.41, 5.74) is 2.89. The molecule has 2 rings (SSSR count). The second-order valence-electron chi connectivity index (χ2n) is 4.73. The van der Waals surface area contributed by atoms with Gasteiger partial charge in [-0.25, -0.2) is 0 Å². The third kappa shape index (κ3) is 2.78. The monoisotopic (exact) mass is 204 g/mol. The summed E-state index contributed by atoms with van der Waals surface area (Å²) in [5, 5.41) is 3.52. The summed E-state index contributed by atoms with van der Waals surface area (Å²) in [6.45, 7) is 6.39. The number of rotatable bonds is 5. The van der Waals surface area contributed by atoms with Gasteiger partial charge in [0, 0.05) is 18.8 Å². The summed E-state index contributed by atoms with van der Waals surface area (Å²) in [6.07, 6.45) is 4.11. The number of hydrogen-bond acceptors (Lipinski definition) is 2. The number of nitrogens with zero attached hydrogens (tertiary/aromatic N) is 1. The Kier molecular flexibility index (Phi) is 3.06. The van der Waals surface area contributed by atoms with E-state index < -0.39 is 0 Å². The Labute approximate surface area is 92.1 Å². The lowest BCUT2D eigenvalue weighted by molar-refractivity contribution is 0.442. The average molecular weight is 204 g/mol. The van der Waals surface area contributed by atoms with E-state index in [4.69, 9.17) is 0 Å². The first-order valence-corrected chi connectivity index (χ1v) is 5.87. The van der Waals surface area contributed by atoms with E-state index in [0.29, 0.717) is 5.41 Å². The minimum Gasteiger partial charge on any atom is -0.311 e. The Balaban J connectivity index is 1.78. The van der Waals surface area contributed by atoms with E-state index in [1.807, 2.05) is 13.0 Å². The minimum atomic E-state index is 0.629. The van der Waals surface area contributed by atoms with Gasteiger partial charge in [-0.3, -0.25) is 4.98 Å². The fraction of sp³-hybridized carbons (Fsp3) is 0.615. The molecule has 1 aliphatic rings. The molecular weight excluding hydrogens is 184 g/mol. The summed E-state index contributed by atoms with van der Waals surface area (Å²) >= 11 is 0. The van der Waals surface area contributed by atoms with Gasteiger partial charge >= 0.3 is 0 Å². The molecule has 0 bridgehead atoms. The Morgan fingerprint density at radius 2 is 2.20 bits per heavy atom. The maximum atomic E-state index is 4.48. The summed E-state index contributed by atoms with van der Waals surface area (Å²) in [6, 6.07) is 6.20. The van der Waals surface area contributed by atoms with E-state index >= 15 is 0 Å². The smallest absolute Gasteiger partial charge is 0.0544 e. The van der Waals surface area contributed by atoms with Gasteiger partial charge in [0.05, 0.1) is 5.69 Å². The standard InChI is InChI=1S/C13H20N2/c1-3-13(7-8-13)10-14-9-12-6-4-5-11(2)15-12/h4-6,14H,3,7-10H2,1-2H3. The molecule has 2 nitrogen and oxygen atoms in total. The van der Waals surface area contributed by atoms with Crippen LogP contribution >= 0.6 is 0 Å². The van der Waals surface area contributed by atoms with Crippen molar-refractivity contribution < 1.29 is 0 Å². The highest BCUT2D eigenvalue weighted by Crippen LogP contribution is 2.47. The number of pyridine rings is 1. The first-order chi connectivity index (χ1) is 7.24. The van der Waals surface area contributed by atoms with Crippen molar-refractivity contribution in [3.05, 3.63) is 29.6 Å². The summed E-state index contributed by atoms with van der Waals surface area (Å²) < 4.78 is 0. The molecule has 0 saturated heterocycles. The molecule has 82 valence electrons. The van der Waals surface area contributed by atoms with Crippen LogP contribution in [0.3, 0.4) is 0 Å². The van der Waals surface area contributed by atoms with Crippen LogP contribution in [0.2, 0.25) is 0 Å². The quantitative estimate of drug-likeness (QED) is 0.797. The van der Waals surface area contributed by atoms with Gasteiger partial charge in [-0.1, -0.05) is 13.0 Å². The topological polar surface area (TPSA) is 24.9 Å². The predicted molar refractivity (Wildman–Crippen MR) is 62.6 cm³/mol. The molecule has 1 aliphatic carbocycles. The Morgan fingerprint density at radius 3 is 2.80 bits per heavy atom. The van der Waals surface area contributed by atoms with Crippen LogP contribution in [0.1, 0.15) is 37.6 Å². The first kappa shape index (κ1) is 10.6. The van der Waals surface area contributed by atoms with E-state index in [1.54, 1.807) is 0 Å². The van der Waals surface area contributed by atoms with Gasteiger partial charge in [-0.05, 0) is 43.7 Å². The fourth-order valence-corrected chi connectivity index (χ4v) is 1.99. The molecule has 0 unspecified atom stereocenters. The molecule has 0 radical (unpaired) electrons. The van der Waals surface area contributed by atoms with Crippen molar-refractivity contribution in [3.8, 4) is 0 Å². The second-order valence-corrected chi connectivity index (χ2v) is 4.73. The molecule has 0 spiro atoms. The highest BCUT2D eigenvalue weighted by atomic mass is 14.9. The van der Waals surface area contributed by atoms with E-state index in [0.717, 1.165) is 24.5 Å². The summed E-state index contributed by atoms with van der Waals surface area (Å²) in [5.74, 6) is 0. The van der Waals surface area contributed by atoms with Crippen LogP contribution in [0.5, 0.6) is 0 Å². The summed E-state index contributed by atoms with van der Waals surface area (Å²) in [4.78, 5) is 4.48. The van der Waals surface area contributed by atoms with Crippen molar-refractivity contribution in [1.82, 2.24) is 10.3 Å². The van der Waals surface area contributed by atoms with E-state index in [1.165, 1.54) is 19.3 Å². The Hall–Kier alpha value is -0.890. The number of aryl methyl sites for hydroxylation is 1. The number of hydrogen-bond donors (Lipinski definition) is 1. The van der Waals surface area contributed by atoms with Crippen molar-refractivity contribution in [2.24, 2.45) is 5.41 Å². The molecule has 1 aromatic rings. The Morgan fingerprint density at radius 1 is 1.40 bits per heavy atom. The predicted octanol–water partition coefficient (Wildman–Crippen LogP) is 2.67. The van der Waals surface area contributed by atoms with Gasteiger partial charge in [-0.15, -0.1) is 0 Å². The zero-order chi connectivity index (χ0) is 10.7. The highest BCUT2D eigenvalue weighted by Gasteiger charge is 2.39. The second kappa shape index (κ2) is 4.31. The van der Waals surface area contributed by atoms with E-state index in [2.05, 4.69) is 29.4 Å². The van der Waals surface area contributed by atoms with Crippen LogP contribution < -0.4 is 5.32 Å². The van der Waals surface area contributed by atoms with Gasteiger partial charge < -0.3 is 5.32 Å². The van der Waals surface area contributed by atoms with Crippen molar-refractivity contribution in [2.45, 2.75) is 39.7 Å². The normalized spacial score (nSPS) is 17.7.